The molecule has 26 heavy (non-hydrogen) atoms. The standard InChI is InChI=1S/C18H24N4O4/c1-26-10-7-19-16(23)13-22-17(24)15-12-20(8-9-21(15)18(22)25)11-14-5-3-2-4-6-14/h2-6,15H,7-13H2,1H3,(H,19,23). The number of fused-ring (bicyclic) bond motifs is 1. The lowest BCUT2D eigenvalue weighted by Gasteiger charge is -2.35. The normalized spacial score (nSPS) is 20.4. The molecule has 140 valence electrons. The van der Waals surface area contributed by atoms with E-state index in [0.717, 1.165) is 11.4 Å². The maximum atomic E-state index is 12.6. The molecule has 4 amide bonds. The predicted octanol–water partition coefficient (Wildman–Crippen LogP) is -0.102. The zero-order valence-corrected chi connectivity index (χ0v) is 14.9. The molecule has 0 saturated carbocycles. The third-order valence-electron chi connectivity index (χ3n) is 4.67. The largest absolute Gasteiger partial charge is 0.383 e. The summed E-state index contributed by atoms with van der Waals surface area (Å²) in [6, 6.07) is 9.15. The fourth-order valence-corrected chi connectivity index (χ4v) is 3.33. The third kappa shape index (κ3) is 4.03. The van der Waals surface area contributed by atoms with Gasteiger partial charge in [0.15, 0.2) is 0 Å². The van der Waals surface area contributed by atoms with Crippen molar-refractivity contribution in [1.29, 1.82) is 0 Å². The fraction of sp³-hybridized carbons (Fsp3) is 0.500. The number of hydrogen-bond acceptors (Lipinski definition) is 5. The van der Waals surface area contributed by atoms with Crippen molar-refractivity contribution in [2.24, 2.45) is 0 Å². The first-order chi connectivity index (χ1) is 12.6. The van der Waals surface area contributed by atoms with Crippen LogP contribution < -0.4 is 5.32 Å². The molecule has 8 nitrogen and oxygen atoms in total. The smallest absolute Gasteiger partial charge is 0.328 e. The van der Waals surface area contributed by atoms with Crippen LogP contribution in [0.3, 0.4) is 0 Å². The number of piperazine rings is 1. The van der Waals surface area contributed by atoms with Gasteiger partial charge in [-0.2, -0.15) is 0 Å². The van der Waals surface area contributed by atoms with Crippen LogP contribution in [0, 0.1) is 0 Å². The van der Waals surface area contributed by atoms with Gasteiger partial charge in [-0.25, -0.2) is 4.79 Å². The molecule has 2 saturated heterocycles. The van der Waals surface area contributed by atoms with Crippen molar-refractivity contribution >= 4 is 17.8 Å². The fourth-order valence-electron chi connectivity index (χ4n) is 3.33. The molecule has 1 aromatic carbocycles. The van der Waals surface area contributed by atoms with E-state index in [1.165, 1.54) is 5.56 Å². The molecule has 1 atom stereocenters. The molecule has 0 aromatic heterocycles. The van der Waals surface area contributed by atoms with Crippen LogP contribution >= 0.6 is 0 Å². The minimum absolute atomic E-state index is 0.243. The van der Waals surface area contributed by atoms with Crippen molar-refractivity contribution < 1.29 is 19.1 Å². The molecule has 2 aliphatic heterocycles. The number of carbonyl (C=O) groups is 3. The summed E-state index contributed by atoms with van der Waals surface area (Å²) < 4.78 is 4.87. The van der Waals surface area contributed by atoms with E-state index in [4.69, 9.17) is 4.74 Å². The van der Waals surface area contributed by atoms with Crippen LogP contribution in [0.1, 0.15) is 5.56 Å². The zero-order chi connectivity index (χ0) is 18.5. The molecule has 0 bridgehead atoms. The lowest BCUT2D eigenvalue weighted by Crippen LogP contribution is -2.52. The third-order valence-corrected chi connectivity index (χ3v) is 4.67. The minimum Gasteiger partial charge on any atom is -0.383 e. The summed E-state index contributed by atoms with van der Waals surface area (Å²) in [6.45, 7) is 2.92. The van der Waals surface area contributed by atoms with Gasteiger partial charge in [0.25, 0.3) is 5.91 Å². The summed E-state index contributed by atoms with van der Waals surface area (Å²) in [5.41, 5.74) is 1.17. The van der Waals surface area contributed by atoms with E-state index in [9.17, 15) is 14.4 Å². The van der Waals surface area contributed by atoms with Crippen LogP contribution in [-0.2, 0) is 20.9 Å². The van der Waals surface area contributed by atoms with Gasteiger partial charge in [0, 0.05) is 39.8 Å². The molecule has 1 unspecified atom stereocenters. The van der Waals surface area contributed by atoms with Gasteiger partial charge in [0.05, 0.1) is 6.61 Å². The highest BCUT2D eigenvalue weighted by Gasteiger charge is 2.47. The Morgan fingerprint density at radius 3 is 2.73 bits per heavy atom. The molecule has 0 radical (unpaired) electrons. The monoisotopic (exact) mass is 360 g/mol. The van der Waals surface area contributed by atoms with E-state index in [2.05, 4.69) is 10.2 Å². The van der Waals surface area contributed by atoms with Crippen LogP contribution in [0.4, 0.5) is 4.79 Å². The maximum Gasteiger partial charge on any atom is 0.328 e. The Morgan fingerprint density at radius 2 is 2.00 bits per heavy atom. The van der Waals surface area contributed by atoms with E-state index in [-0.39, 0.29) is 24.4 Å². The Balaban J connectivity index is 1.58. The van der Waals surface area contributed by atoms with Gasteiger partial charge in [0.1, 0.15) is 12.6 Å². The summed E-state index contributed by atoms with van der Waals surface area (Å²) in [5.74, 6) is -0.653. The first kappa shape index (κ1) is 18.3. The van der Waals surface area contributed by atoms with Crippen LogP contribution in [0.5, 0.6) is 0 Å². The Labute approximate surface area is 152 Å². The second-order valence-electron chi connectivity index (χ2n) is 6.48. The highest BCUT2D eigenvalue weighted by Crippen LogP contribution is 2.22. The molecule has 8 heteroatoms. The van der Waals surface area contributed by atoms with Crippen molar-refractivity contribution in [2.45, 2.75) is 12.6 Å². The number of amides is 4. The van der Waals surface area contributed by atoms with E-state index in [1.807, 2.05) is 30.3 Å². The van der Waals surface area contributed by atoms with Gasteiger partial charge >= 0.3 is 6.03 Å². The van der Waals surface area contributed by atoms with Crippen molar-refractivity contribution in [3.63, 3.8) is 0 Å². The summed E-state index contributed by atoms with van der Waals surface area (Å²) in [5, 5.41) is 2.64. The summed E-state index contributed by atoms with van der Waals surface area (Å²) in [7, 11) is 1.54. The van der Waals surface area contributed by atoms with Crippen molar-refractivity contribution in [3.05, 3.63) is 35.9 Å². The molecule has 2 heterocycles. The van der Waals surface area contributed by atoms with Crippen LogP contribution in [0.15, 0.2) is 30.3 Å². The second-order valence-corrected chi connectivity index (χ2v) is 6.48. The molecular weight excluding hydrogens is 336 g/mol. The lowest BCUT2D eigenvalue weighted by atomic mass is 10.1. The number of ether oxygens (including phenoxy) is 1. The van der Waals surface area contributed by atoms with E-state index in [0.29, 0.717) is 32.8 Å². The molecule has 0 aliphatic carbocycles. The molecular formula is C18H24N4O4. The average Bonchev–Trinajstić information content (AvgIpc) is 2.87. The van der Waals surface area contributed by atoms with Gasteiger partial charge in [-0.1, -0.05) is 30.3 Å². The zero-order valence-electron chi connectivity index (χ0n) is 14.9. The number of benzene rings is 1. The van der Waals surface area contributed by atoms with Gasteiger partial charge in [-0.15, -0.1) is 0 Å². The van der Waals surface area contributed by atoms with Crippen molar-refractivity contribution in [2.75, 3.05) is 46.4 Å². The highest BCUT2D eigenvalue weighted by molar-refractivity contribution is 6.06. The lowest BCUT2D eigenvalue weighted by molar-refractivity contribution is -0.133. The van der Waals surface area contributed by atoms with Crippen molar-refractivity contribution in [1.82, 2.24) is 20.0 Å². The summed E-state index contributed by atoms with van der Waals surface area (Å²) in [6.07, 6.45) is 0. The maximum absolute atomic E-state index is 12.6. The van der Waals surface area contributed by atoms with Crippen LogP contribution in [0.2, 0.25) is 0 Å². The SMILES string of the molecule is COCCNC(=O)CN1C(=O)C2CN(Cc3ccccc3)CCN2C1=O. The molecule has 1 aromatic rings. The van der Waals surface area contributed by atoms with Gasteiger partial charge in [-0.3, -0.25) is 19.4 Å². The van der Waals surface area contributed by atoms with E-state index < -0.39 is 6.04 Å². The molecule has 3 rings (SSSR count). The summed E-state index contributed by atoms with van der Waals surface area (Å²) in [4.78, 5) is 41.9. The molecule has 1 N–H and O–H groups in total. The Morgan fingerprint density at radius 1 is 1.23 bits per heavy atom. The number of carbonyl (C=O) groups excluding carboxylic acids is 3. The number of hydrogen-bond donors (Lipinski definition) is 1. The number of nitrogens with one attached hydrogen (secondary N) is 1. The Hall–Kier alpha value is -2.45. The minimum atomic E-state index is -0.508. The number of rotatable bonds is 7. The number of nitrogens with zero attached hydrogens (tertiary/aromatic N) is 3. The first-order valence-corrected chi connectivity index (χ1v) is 8.74. The van der Waals surface area contributed by atoms with Gasteiger partial charge in [-0.05, 0) is 5.56 Å². The predicted molar refractivity (Wildman–Crippen MR) is 94.2 cm³/mol. The topological polar surface area (TPSA) is 82.2 Å². The highest BCUT2D eigenvalue weighted by atomic mass is 16.5. The molecule has 2 aliphatic rings. The number of imide groups is 1. The number of urea groups is 1. The quantitative estimate of drug-likeness (QED) is 0.542. The average molecular weight is 360 g/mol. The second kappa shape index (κ2) is 8.29. The van der Waals surface area contributed by atoms with Gasteiger partial charge in [0.2, 0.25) is 5.91 Å². The van der Waals surface area contributed by atoms with E-state index >= 15 is 0 Å². The van der Waals surface area contributed by atoms with Crippen LogP contribution in [0.25, 0.3) is 0 Å². The molecule has 2 fully saturated rings. The van der Waals surface area contributed by atoms with Crippen LogP contribution in [-0.4, -0.2) is 85.0 Å². The summed E-state index contributed by atoms with van der Waals surface area (Å²) >= 11 is 0. The molecule has 0 spiro atoms. The van der Waals surface area contributed by atoms with Crippen molar-refractivity contribution in [3.8, 4) is 0 Å². The first-order valence-electron chi connectivity index (χ1n) is 8.74. The van der Waals surface area contributed by atoms with Gasteiger partial charge < -0.3 is 15.0 Å². The Kier molecular flexibility index (Phi) is 5.85. The Bertz CT molecular complexity index is 666. The number of methoxy groups -OCH3 is 1. The van der Waals surface area contributed by atoms with E-state index in [1.54, 1.807) is 12.0 Å².